The van der Waals surface area contributed by atoms with Crippen molar-refractivity contribution in [1.29, 1.82) is 0 Å². The second kappa shape index (κ2) is 6.05. The summed E-state index contributed by atoms with van der Waals surface area (Å²) >= 11 is 0. The summed E-state index contributed by atoms with van der Waals surface area (Å²) in [6.07, 6.45) is 3.93. The molecule has 1 N–H and O–H groups in total. The van der Waals surface area contributed by atoms with Gasteiger partial charge in [-0.15, -0.1) is 0 Å². The summed E-state index contributed by atoms with van der Waals surface area (Å²) in [5, 5.41) is 3.26. The molecule has 20 heavy (non-hydrogen) atoms. The molecule has 5 heteroatoms. The molecular formula is C15H18N2O2S. The SMILES string of the molecule is CCc1cccnc1CNc1ccc(S(C)(=O)=O)cc1. The van der Waals surface area contributed by atoms with E-state index in [1.54, 1.807) is 30.5 Å². The van der Waals surface area contributed by atoms with E-state index in [2.05, 4.69) is 23.3 Å². The van der Waals surface area contributed by atoms with Crippen LogP contribution in [-0.4, -0.2) is 19.7 Å². The molecule has 0 aliphatic heterocycles. The first-order chi connectivity index (χ1) is 9.50. The Morgan fingerprint density at radius 1 is 1.15 bits per heavy atom. The molecule has 0 spiro atoms. The zero-order valence-electron chi connectivity index (χ0n) is 11.6. The van der Waals surface area contributed by atoms with Gasteiger partial charge in [0.15, 0.2) is 9.84 Å². The Morgan fingerprint density at radius 2 is 1.85 bits per heavy atom. The van der Waals surface area contributed by atoms with Gasteiger partial charge >= 0.3 is 0 Å². The van der Waals surface area contributed by atoms with E-state index in [9.17, 15) is 8.42 Å². The molecule has 0 fully saturated rings. The number of nitrogens with zero attached hydrogens (tertiary/aromatic N) is 1. The van der Waals surface area contributed by atoms with E-state index < -0.39 is 9.84 Å². The van der Waals surface area contributed by atoms with Gasteiger partial charge in [0.2, 0.25) is 0 Å². The molecule has 0 aliphatic rings. The van der Waals surface area contributed by atoms with Crippen LogP contribution in [0.3, 0.4) is 0 Å². The van der Waals surface area contributed by atoms with Crippen LogP contribution in [-0.2, 0) is 22.8 Å². The highest BCUT2D eigenvalue weighted by atomic mass is 32.2. The minimum absolute atomic E-state index is 0.329. The topological polar surface area (TPSA) is 59.1 Å². The lowest BCUT2D eigenvalue weighted by molar-refractivity contribution is 0.602. The number of hydrogen-bond donors (Lipinski definition) is 1. The van der Waals surface area contributed by atoms with Gasteiger partial charge < -0.3 is 5.32 Å². The lowest BCUT2D eigenvalue weighted by Gasteiger charge is -2.09. The number of sulfone groups is 1. The van der Waals surface area contributed by atoms with E-state index in [0.717, 1.165) is 17.8 Å². The molecule has 2 rings (SSSR count). The van der Waals surface area contributed by atoms with E-state index >= 15 is 0 Å². The van der Waals surface area contributed by atoms with Crippen molar-refractivity contribution in [3.63, 3.8) is 0 Å². The lowest BCUT2D eigenvalue weighted by atomic mass is 10.1. The van der Waals surface area contributed by atoms with Crippen molar-refractivity contribution in [2.45, 2.75) is 24.8 Å². The van der Waals surface area contributed by atoms with Crippen molar-refractivity contribution < 1.29 is 8.42 Å². The van der Waals surface area contributed by atoms with Crippen LogP contribution in [0.4, 0.5) is 5.69 Å². The second-order valence-electron chi connectivity index (χ2n) is 4.61. The van der Waals surface area contributed by atoms with Gasteiger partial charge in [0.05, 0.1) is 17.1 Å². The minimum atomic E-state index is -3.14. The molecule has 106 valence electrons. The first-order valence-electron chi connectivity index (χ1n) is 6.47. The fourth-order valence-corrected chi connectivity index (χ4v) is 2.59. The van der Waals surface area contributed by atoms with E-state index in [0.29, 0.717) is 11.4 Å². The number of pyridine rings is 1. The van der Waals surface area contributed by atoms with Crippen LogP contribution in [0.25, 0.3) is 0 Å². The first-order valence-corrected chi connectivity index (χ1v) is 8.36. The summed E-state index contributed by atoms with van der Waals surface area (Å²) in [4.78, 5) is 4.69. The van der Waals surface area contributed by atoms with Gasteiger partial charge in [0.1, 0.15) is 0 Å². The molecule has 0 radical (unpaired) electrons. The Balaban J connectivity index is 2.08. The van der Waals surface area contributed by atoms with Crippen LogP contribution in [0.15, 0.2) is 47.5 Å². The van der Waals surface area contributed by atoms with Crippen LogP contribution in [0.5, 0.6) is 0 Å². The molecule has 0 aliphatic carbocycles. The quantitative estimate of drug-likeness (QED) is 0.919. The smallest absolute Gasteiger partial charge is 0.175 e. The largest absolute Gasteiger partial charge is 0.379 e. The molecule has 4 nitrogen and oxygen atoms in total. The maximum atomic E-state index is 11.4. The Bertz CT molecular complexity index is 679. The Labute approximate surface area is 119 Å². The molecule has 0 amide bonds. The van der Waals surface area contributed by atoms with Crippen LogP contribution in [0, 0.1) is 0 Å². The summed E-state index contributed by atoms with van der Waals surface area (Å²) in [6, 6.07) is 10.8. The summed E-state index contributed by atoms with van der Waals surface area (Å²) in [7, 11) is -3.14. The average molecular weight is 290 g/mol. The fourth-order valence-electron chi connectivity index (χ4n) is 1.96. The number of rotatable bonds is 5. The fraction of sp³-hybridized carbons (Fsp3) is 0.267. The van der Waals surface area contributed by atoms with E-state index in [-0.39, 0.29) is 0 Å². The van der Waals surface area contributed by atoms with Crippen molar-refractivity contribution >= 4 is 15.5 Å². The molecule has 0 saturated heterocycles. The third-order valence-electron chi connectivity index (χ3n) is 3.11. The molecule has 0 unspecified atom stereocenters. The summed E-state index contributed by atoms with van der Waals surface area (Å²) in [5.41, 5.74) is 3.11. The molecule has 0 atom stereocenters. The molecule has 1 aromatic carbocycles. The Kier molecular flexibility index (Phi) is 4.39. The normalized spacial score (nSPS) is 11.3. The van der Waals surface area contributed by atoms with Gasteiger partial charge in [-0.25, -0.2) is 8.42 Å². The maximum absolute atomic E-state index is 11.4. The molecule has 0 saturated carbocycles. The van der Waals surface area contributed by atoms with Crippen LogP contribution in [0.1, 0.15) is 18.2 Å². The third-order valence-corrected chi connectivity index (χ3v) is 4.24. The van der Waals surface area contributed by atoms with Crippen LogP contribution in [0.2, 0.25) is 0 Å². The Morgan fingerprint density at radius 3 is 2.45 bits per heavy atom. The monoisotopic (exact) mass is 290 g/mol. The molecule has 1 aromatic heterocycles. The number of aromatic nitrogens is 1. The van der Waals surface area contributed by atoms with E-state index in [4.69, 9.17) is 0 Å². The zero-order chi connectivity index (χ0) is 14.6. The number of benzene rings is 1. The highest BCUT2D eigenvalue weighted by Crippen LogP contribution is 2.15. The van der Waals surface area contributed by atoms with Gasteiger partial charge in [0.25, 0.3) is 0 Å². The van der Waals surface area contributed by atoms with Gasteiger partial charge in [-0.05, 0) is 42.3 Å². The molecule has 2 aromatic rings. The number of anilines is 1. The van der Waals surface area contributed by atoms with Crippen molar-refractivity contribution in [3.05, 3.63) is 53.9 Å². The third kappa shape index (κ3) is 3.57. The summed E-state index contributed by atoms with van der Waals surface area (Å²) in [5.74, 6) is 0. The summed E-state index contributed by atoms with van der Waals surface area (Å²) in [6.45, 7) is 2.73. The lowest BCUT2D eigenvalue weighted by Crippen LogP contribution is -2.05. The Hall–Kier alpha value is -1.88. The number of aryl methyl sites for hydroxylation is 1. The van der Waals surface area contributed by atoms with Crippen molar-refractivity contribution in [2.75, 3.05) is 11.6 Å². The van der Waals surface area contributed by atoms with E-state index in [1.807, 2.05) is 6.07 Å². The van der Waals surface area contributed by atoms with E-state index in [1.165, 1.54) is 11.8 Å². The van der Waals surface area contributed by atoms with Crippen LogP contribution >= 0.6 is 0 Å². The maximum Gasteiger partial charge on any atom is 0.175 e. The van der Waals surface area contributed by atoms with Crippen molar-refractivity contribution in [3.8, 4) is 0 Å². The predicted octanol–water partition coefficient (Wildman–Crippen LogP) is 2.66. The predicted molar refractivity (Wildman–Crippen MR) is 80.5 cm³/mol. The van der Waals surface area contributed by atoms with Gasteiger partial charge in [-0.1, -0.05) is 13.0 Å². The number of hydrogen-bond acceptors (Lipinski definition) is 4. The van der Waals surface area contributed by atoms with Crippen LogP contribution < -0.4 is 5.32 Å². The highest BCUT2D eigenvalue weighted by Gasteiger charge is 2.06. The first kappa shape index (κ1) is 14.5. The van der Waals surface area contributed by atoms with Crippen molar-refractivity contribution in [2.24, 2.45) is 0 Å². The second-order valence-corrected chi connectivity index (χ2v) is 6.63. The number of nitrogens with one attached hydrogen (secondary N) is 1. The highest BCUT2D eigenvalue weighted by molar-refractivity contribution is 7.90. The molecule has 0 bridgehead atoms. The van der Waals surface area contributed by atoms with Crippen molar-refractivity contribution in [1.82, 2.24) is 4.98 Å². The summed E-state index contributed by atoms with van der Waals surface area (Å²) < 4.78 is 22.8. The average Bonchev–Trinajstić information content (AvgIpc) is 2.45. The van der Waals surface area contributed by atoms with Gasteiger partial charge in [0, 0.05) is 18.1 Å². The minimum Gasteiger partial charge on any atom is -0.379 e. The van der Waals surface area contributed by atoms with Gasteiger partial charge in [-0.3, -0.25) is 4.98 Å². The molecular weight excluding hydrogens is 272 g/mol. The zero-order valence-corrected chi connectivity index (χ0v) is 12.4. The standard InChI is InChI=1S/C15H18N2O2S/c1-3-12-5-4-10-16-15(12)11-17-13-6-8-14(9-7-13)20(2,18)19/h4-10,17H,3,11H2,1-2H3. The molecule has 1 heterocycles. The van der Waals surface area contributed by atoms with Gasteiger partial charge in [-0.2, -0.15) is 0 Å².